The van der Waals surface area contributed by atoms with Crippen molar-refractivity contribution < 1.29 is 4.79 Å². The predicted molar refractivity (Wildman–Crippen MR) is 109 cm³/mol. The van der Waals surface area contributed by atoms with Crippen LogP contribution in [0, 0.1) is 0 Å². The average molecular weight is 386 g/mol. The van der Waals surface area contributed by atoms with Gasteiger partial charge in [-0.05, 0) is 37.1 Å². The van der Waals surface area contributed by atoms with Crippen molar-refractivity contribution >= 4 is 39.2 Å². The number of rotatable bonds is 4. The van der Waals surface area contributed by atoms with Gasteiger partial charge in [0.05, 0.1) is 22.0 Å². The van der Waals surface area contributed by atoms with Crippen LogP contribution < -0.4 is 0 Å². The van der Waals surface area contributed by atoms with Crippen molar-refractivity contribution in [3.05, 3.63) is 48.3 Å². The molecule has 0 saturated carbocycles. The van der Waals surface area contributed by atoms with E-state index < -0.39 is 0 Å². The van der Waals surface area contributed by atoms with Crippen molar-refractivity contribution in [2.75, 3.05) is 12.3 Å². The van der Waals surface area contributed by atoms with Crippen molar-refractivity contribution in [1.82, 2.24) is 14.5 Å². The molecule has 1 atom stereocenters. The maximum atomic E-state index is 13.0. The first-order valence-corrected chi connectivity index (χ1v) is 10.9. The highest BCUT2D eigenvalue weighted by atomic mass is 32.2. The Hall–Kier alpha value is -1.79. The van der Waals surface area contributed by atoms with Gasteiger partial charge in [0.1, 0.15) is 0 Å². The number of fused-ring (bicyclic) bond motifs is 1. The van der Waals surface area contributed by atoms with Gasteiger partial charge in [-0.2, -0.15) is 0 Å². The number of hydrogen-bond donors (Lipinski definition) is 0. The third kappa shape index (κ3) is 3.67. The zero-order valence-electron chi connectivity index (χ0n) is 14.9. The lowest BCUT2D eigenvalue weighted by Crippen LogP contribution is -2.36. The molecule has 1 saturated heterocycles. The number of thiazole rings is 1. The van der Waals surface area contributed by atoms with Crippen molar-refractivity contribution in [2.45, 2.75) is 36.1 Å². The summed E-state index contributed by atoms with van der Waals surface area (Å²) in [6.07, 6.45) is 6.60. The zero-order chi connectivity index (χ0) is 17.9. The van der Waals surface area contributed by atoms with Crippen LogP contribution in [0.1, 0.15) is 37.4 Å². The van der Waals surface area contributed by atoms with Crippen LogP contribution in [0.4, 0.5) is 0 Å². The van der Waals surface area contributed by atoms with Crippen LogP contribution in [0.2, 0.25) is 0 Å². The van der Waals surface area contributed by atoms with E-state index in [0.29, 0.717) is 5.75 Å². The fraction of sp³-hybridized carbons (Fsp3) is 0.400. The van der Waals surface area contributed by atoms with Gasteiger partial charge < -0.3 is 9.47 Å². The molecule has 1 fully saturated rings. The normalized spacial score (nSPS) is 18.2. The summed E-state index contributed by atoms with van der Waals surface area (Å²) in [6, 6.07) is 12.6. The van der Waals surface area contributed by atoms with Gasteiger partial charge in [0.2, 0.25) is 5.91 Å². The summed E-state index contributed by atoms with van der Waals surface area (Å²) in [6.45, 7) is 0.856. The summed E-state index contributed by atoms with van der Waals surface area (Å²) >= 11 is 3.24. The number of thioether (sulfide) groups is 1. The van der Waals surface area contributed by atoms with Gasteiger partial charge in [0.25, 0.3) is 0 Å². The standard InChI is InChI=1S/C20H23N3OS2/c1-22-12-7-10-16(22)17-9-3-2-6-13-23(17)19(24)14-25-20-21-15-8-4-5-11-18(15)26-20/h4-5,7-8,10-12,17H,2-3,6,9,13-14H2,1H3. The van der Waals surface area contributed by atoms with Crippen molar-refractivity contribution in [3.63, 3.8) is 0 Å². The van der Waals surface area contributed by atoms with Gasteiger partial charge in [-0.1, -0.05) is 36.7 Å². The first-order chi connectivity index (χ1) is 12.7. The molecule has 4 nitrogen and oxygen atoms in total. The monoisotopic (exact) mass is 385 g/mol. The van der Waals surface area contributed by atoms with Gasteiger partial charge in [0, 0.05) is 25.5 Å². The number of carbonyl (C=O) groups excluding carboxylic acids is 1. The molecule has 0 bridgehead atoms. The molecule has 1 aliphatic rings. The maximum Gasteiger partial charge on any atom is 0.233 e. The first-order valence-electron chi connectivity index (χ1n) is 9.11. The van der Waals surface area contributed by atoms with Gasteiger partial charge in [-0.25, -0.2) is 4.98 Å². The van der Waals surface area contributed by atoms with Crippen molar-refractivity contribution in [1.29, 1.82) is 0 Å². The van der Waals surface area contributed by atoms with Gasteiger partial charge in [-0.3, -0.25) is 4.79 Å². The molecule has 0 radical (unpaired) electrons. The lowest BCUT2D eigenvalue weighted by Gasteiger charge is -2.30. The highest BCUT2D eigenvalue weighted by Gasteiger charge is 2.28. The van der Waals surface area contributed by atoms with Crippen LogP contribution in [0.3, 0.4) is 0 Å². The topological polar surface area (TPSA) is 38.1 Å². The van der Waals surface area contributed by atoms with E-state index in [2.05, 4.69) is 45.9 Å². The molecule has 3 aromatic rings. The molecule has 0 spiro atoms. The molecule has 6 heteroatoms. The van der Waals surface area contributed by atoms with E-state index in [4.69, 9.17) is 0 Å². The van der Waals surface area contributed by atoms with Gasteiger partial charge in [-0.15, -0.1) is 11.3 Å². The number of nitrogens with zero attached hydrogens (tertiary/aromatic N) is 3. The lowest BCUT2D eigenvalue weighted by atomic mass is 10.1. The van der Waals surface area contributed by atoms with Gasteiger partial charge >= 0.3 is 0 Å². The molecule has 1 aromatic carbocycles. The summed E-state index contributed by atoms with van der Waals surface area (Å²) in [5.41, 5.74) is 2.26. The largest absolute Gasteiger partial charge is 0.353 e. The molecule has 0 N–H and O–H groups in total. The Bertz CT molecular complexity index is 868. The Kier molecular flexibility index (Phi) is 5.31. The molecule has 1 aliphatic heterocycles. The maximum absolute atomic E-state index is 13.0. The molecule has 26 heavy (non-hydrogen) atoms. The van der Waals surface area contributed by atoms with E-state index >= 15 is 0 Å². The second kappa shape index (κ2) is 7.84. The van der Waals surface area contributed by atoms with E-state index in [9.17, 15) is 4.79 Å². The minimum Gasteiger partial charge on any atom is -0.353 e. The average Bonchev–Trinajstić information content (AvgIpc) is 3.18. The molecule has 4 rings (SSSR count). The number of aromatic nitrogens is 2. The van der Waals surface area contributed by atoms with E-state index in [0.717, 1.165) is 29.2 Å². The molecular formula is C20H23N3OS2. The van der Waals surface area contributed by atoms with Crippen LogP contribution in [0.15, 0.2) is 46.9 Å². The molecular weight excluding hydrogens is 362 g/mol. The highest BCUT2D eigenvalue weighted by molar-refractivity contribution is 8.01. The minimum absolute atomic E-state index is 0.195. The molecule has 0 aliphatic carbocycles. The Morgan fingerprint density at radius 2 is 2.12 bits per heavy atom. The van der Waals surface area contributed by atoms with Crippen LogP contribution in [-0.2, 0) is 11.8 Å². The van der Waals surface area contributed by atoms with Gasteiger partial charge in [0.15, 0.2) is 4.34 Å². The van der Waals surface area contributed by atoms with Crippen molar-refractivity contribution in [2.24, 2.45) is 7.05 Å². The van der Waals surface area contributed by atoms with E-state index in [-0.39, 0.29) is 11.9 Å². The highest BCUT2D eigenvalue weighted by Crippen LogP contribution is 2.33. The number of para-hydroxylation sites is 1. The summed E-state index contributed by atoms with van der Waals surface area (Å²) in [5, 5.41) is 0. The summed E-state index contributed by atoms with van der Waals surface area (Å²) in [5.74, 6) is 0.683. The minimum atomic E-state index is 0.195. The van der Waals surface area contributed by atoms with E-state index in [1.165, 1.54) is 23.2 Å². The predicted octanol–water partition coefficient (Wildman–Crippen LogP) is 4.87. The zero-order valence-corrected chi connectivity index (χ0v) is 16.6. The Morgan fingerprint density at radius 3 is 2.92 bits per heavy atom. The lowest BCUT2D eigenvalue weighted by molar-refractivity contribution is -0.130. The summed E-state index contributed by atoms with van der Waals surface area (Å²) in [4.78, 5) is 19.8. The van der Waals surface area contributed by atoms with Crippen LogP contribution in [0.25, 0.3) is 10.2 Å². The number of carbonyl (C=O) groups is 1. The van der Waals surface area contributed by atoms with E-state index in [1.54, 1.807) is 23.1 Å². The van der Waals surface area contributed by atoms with Crippen LogP contribution in [0.5, 0.6) is 0 Å². The Labute approximate surface area is 162 Å². The summed E-state index contributed by atoms with van der Waals surface area (Å²) in [7, 11) is 2.07. The molecule has 1 amide bonds. The SMILES string of the molecule is Cn1cccc1C1CCCCCN1C(=O)CSc1nc2ccccc2s1. The quantitative estimate of drug-likeness (QED) is 0.601. The summed E-state index contributed by atoms with van der Waals surface area (Å²) < 4.78 is 4.31. The Balaban J connectivity index is 1.48. The Morgan fingerprint density at radius 1 is 1.23 bits per heavy atom. The second-order valence-corrected chi connectivity index (χ2v) is 8.99. The molecule has 2 aromatic heterocycles. The third-order valence-electron chi connectivity index (χ3n) is 4.99. The number of benzene rings is 1. The third-order valence-corrected chi connectivity index (χ3v) is 7.16. The molecule has 3 heterocycles. The first kappa shape index (κ1) is 17.6. The number of aryl methyl sites for hydroxylation is 1. The number of hydrogen-bond acceptors (Lipinski definition) is 4. The smallest absolute Gasteiger partial charge is 0.233 e. The number of amides is 1. The molecule has 136 valence electrons. The van der Waals surface area contributed by atoms with Crippen LogP contribution >= 0.6 is 23.1 Å². The fourth-order valence-corrected chi connectivity index (χ4v) is 5.61. The number of likely N-dealkylation sites (tertiary alicyclic amines) is 1. The van der Waals surface area contributed by atoms with Crippen LogP contribution in [-0.4, -0.2) is 32.7 Å². The van der Waals surface area contributed by atoms with E-state index in [1.807, 2.05) is 18.2 Å². The fourth-order valence-electron chi connectivity index (χ4n) is 3.65. The second-order valence-electron chi connectivity index (χ2n) is 6.73. The molecule has 1 unspecified atom stereocenters. The van der Waals surface area contributed by atoms with Crippen molar-refractivity contribution in [3.8, 4) is 0 Å².